The number of rotatable bonds is 3. The van der Waals surface area contributed by atoms with Gasteiger partial charge in [-0.3, -0.25) is 4.79 Å². The first-order valence-corrected chi connectivity index (χ1v) is 9.10. The van der Waals surface area contributed by atoms with Gasteiger partial charge in [0.15, 0.2) is 0 Å². The fourth-order valence-electron chi connectivity index (χ4n) is 3.04. The summed E-state index contributed by atoms with van der Waals surface area (Å²) in [6, 6.07) is 10.4. The Kier molecular flexibility index (Phi) is 5.40. The number of amides is 1. The van der Waals surface area contributed by atoms with E-state index in [1.165, 1.54) is 0 Å². The zero-order valence-electron chi connectivity index (χ0n) is 14.1. The van der Waals surface area contributed by atoms with Crippen LogP contribution in [0.3, 0.4) is 0 Å². The number of halogens is 2. The monoisotopic (exact) mass is 377 g/mol. The van der Waals surface area contributed by atoms with Gasteiger partial charge in [-0.1, -0.05) is 30.1 Å². The van der Waals surface area contributed by atoms with Crippen molar-refractivity contribution in [2.45, 2.75) is 19.8 Å². The highest BCUT2D eigenvalue weighted by atomic mass is 35.5. The van der Waals surface area contributed by atoms with Crippen molar-refractivity contribution >= 4 is 46.2 Å². The number of nitrogen functional groups attached to an aromatic ring is 1. The highest BCUT2D eigenvalue weighted by Gasteiger charge is 2.20. The molecule has 25 heavy (non-hydrogen) atoms. The van der Waals surface area contributed by atoms with Crippen LogP contribution < -0.4 is 16.0 Å². The summed E-state index contributed by atoms with van der Waals surface area (Å²) in [7, 11) is 0. The van der Waals surface area contributed by atoms with E-state index in [0.29, 0.717) is 27.0 Å². The summed E-state index contributed by atoms with van der Waals surface area (Å²) in [5.41, 5.74) is 8.60. The van der Waals surface area contributed by atoms with Gasteiger partial charge in [-0.15, -0.1) is 0 Å². The molecule has 0 radical (unpaired) electrons. The molecule has 2 aromatic rings. The van der Waals surface area contributed by atoms with Crippen LogP contribution in [0.25, 0.3) is 0 Å². The molecule has 0 bridgehead atoms. The second kappa shape index (κ2) is 7.54. The van der Waals surface area contributed by atoms with Gasteiger partial charge < -0.3 is 16.0 Å². The third-order valence-corrected chi connectivity index (χ3v) is 5.12. The molecule has 0 spiro atoms. The van der Waals surface area contributed by atoms with Crippen molar-refractivity contribution in [1.29, 1.82) is 0 Å². The number of anilines is 3. The molecule has 6 heteroatoms. The van der Waals surface area contributed by atoms with Gasteiger partial charge in [0.1, 0.15) is 0 Å². The van der Waals surface area contributed by atoms with Crippen LogP contribution in [0, 0.1) is 5.92 Å². The Morgan fingerprint density at radius 1 is 1.16 bits per heavy atom. The molecule has 3 N–H and O–H groups in total. The fraction of sp³-hybridized carbons (Fsp3) is 0.316. The summed E-state index contributed by atoms with van der Waals surface area (Å²) < 4.78 is 0. The van der Waals surface area contributed by atoms with Gasteiger partial charge in [0.25, 0.3) is 5.91 Å². The smallest absolute Gasteiger partial charge is 0.257 e. The third-order valence-electron chi connectivity index (χ3n) is 4.57. The Bertz CT molecular complexity index is 786. The van der Waals surface area contributed by atoms with Gasteiger partial charge >= 0.3 is 0 Å². The van der Waals surface area contributed by atoms with Gasteiger partial charge in [-0.25, -0.2) is 0 Å². The largest absolute Gasteiger partial charge is 0.399 e. The zero-order chi connectivity index (χ0) is 18.0. The van der Waals surface area contributed by atoms with Crippen LogP contribution in [-0.2, 0) is 0 Å². The summed E-state index contributed by atoms with van der Waals surface area (Å²) in [5, 5.41) is 3.76. The number of piperidine rings is 1. The van der Waals surface area contributed by atoms with Crippen molar-refractivity contribution in [3.8, 4) is 0 Å². The van der Waals surface area contributed by atoms with E-state index in [9.17, 15) is 4.79 Å². The zero-order valence-corrected chi connectivity index (χ0v) is 15.6. The van der Waals surface area contributed by atoms with Crippen molar-refractivity contribution in [2.24, 2.45) is 5.92 Å². The van der Waals surface area contributed by atoms with Gasteiger partial charge in [-0.05, 0) is 55.2 Å². The second-order valence-electron chi connectivity index (χ2n) is 6.52. The topological polar surface area (TPSA) is 58.4 Å². The van der Waals surface area contributed by atoms with Crippen LogP contribution in [0.15, 0.2) is 36.4 Å². The van der Waals surface area contributed by atoms with Crippen molar-refractivity contribution in [2.75, 3.05) is 29.0 Å². The molecule has 4 nitrogen and oxygen atoms in total. The molecule has 0 aromatic heterocycles. The summed E-state index contributed by atoms with van der Waals surface area (Å²) >= 11 is 12.0. The third kappa shape index (κ3) is 4.20. The van der Waals surface area contributed by atoms with Gasteiger partial charge in [0, 0.05) is 23.8 Å². The molecule has 2 aromatic carbocycles. The van der Waals surface area contributed by atoms with Crippen molar-refractivity contribution in [1.82, 2.24) is 0 Å². The minimum Gasteiger partial charge on any atom is -0.399 e. The van der Waals surface area contributed by atoms with E-state index in [0.717, 1.165) is 37.5 Å². The SMILES string of the molecule is CC1CCN(c2ccc(N)cc2NC(=O)c2ccc(Cl)cc2Cl)CC1. The molecule has 0 unspecified atom stereocenters. The maximum atomic E-state index is 12.6. The highest BCUT2D eigenvalue weighted by Crippen LogP contribution is 2.32. The number of hydrogen-bond donors (Lipinski definition) is 2. The van der Waals surface area contributed by atoms with E-state index >= 15 is 0 Å². The molecule has 1 amide bonds. The van der Waals surface area contributed by atoms with Crippen LogP contribution >= 0.6 is 23.2 Å². The molecule has 1 aliphatic rings. The average molecular weight is 378 g/mol. The lowest BCUT2D eigenvalue weighted by atomic mass is 9.98. The molecule has 1 heterocycles. The summed E-state index contributed by atoms with van der Waals surface area (Å²) in [4.78, 5) is 14.9. The minimum absolute atomic E-state index is 0.279. The number of nitrogens with zero attached hydrogens (tertiary/aromatic N) is 1. The minimum atomic E-state index is -0.279. The predicted octanol–water partition coefficient (Wildman–Crippen LogP) is 5.06. The first kappa shape index (κ1) is 17.9. The van der Waals surface area contributed by atoms with Gasteiger partial charge in [0.2, 0.25) is 0 Å². The molecule has 132 valence electrons. The van der Waals surface area contributed by atoms with E-state index in [-0.39, 0.29) is 5.91 Å². The number of nitrogens with one attached hydrogen (secondary N) is 1. The van der Waals surface area contributed by atoms with Gasteiger partial charge in [0.05, 0.1) is 22.0 Å². The molecule has 1 saturated heterocycles. The fourth-order valence-corrected chi connectivity index (χ4v) is 3.54. The van der Waals surface area contributed by atoms with E-state index in [1.807, 2.05) is 12.1 Å². The number of benzene rings is 2. The lowest BCUT2D eigenvalue weighted by Crippen LogP contribution is -2.33. The van der Waals surface area contributed by atoms with Crippen molar-refractivity contribution in [3.05, 3.63) is 52.0 Å². The lowest BCUT2D eigenvalue weighted by Gasteiger charge is -2.33. The van der Waals surface area contributed by atoms with Crippen LogP contribution in [0.2, 0.25) is 10.0 Å². The van der Waals surface area contributed by atoms with E-state index in [2.05, 4.69) is 17.1 Å². The number of nitrogens with two attached hydrogens (primary N) is 1. The normalized spacial score (nSPS) is 15.2. The Morgan fingerprint density at radius 2 is 1.88 bits per heavy atom. The Balaban J connectivity index is 1.86. The molecular formula is C19H21Cl2N3O. The molecular weight excluding hydrogens is 357 g/mol. The summed E-state index contributed by atoms with van der Waals surface area (Å²) in [5.74, 6) is 0.454. The first-order valence-electron chi connectivity index (χ1n) is 8.35. The van der Waals surface area contributed by atoms with E-state index in [1.54, 1.807) is 24.3 Å². The first-order chi connectivity index (χ1) is 11.9. The molecule has 0 saturated carbocycles. The van der Waals surface area contributed by atoms with Crippen LogP contribution in [-0.4, -0.2) is 19.0 Å². The van der Waals surface area contributed by atoms with Crippen LogP contribution in [0.5, 0.6) is 0 Å². The predicted molar refractivity (Wildman–Crippen MR) is 106 cm³/mol. The number of carbonyl (C=O) groups excluding carboxylic acids is 1. The molecule has 0 aliphatic carbocycles. The average Bonchev–Trinajstić information content (AvgIpc) is 2.56. The molecule has 0 atom stereocenters. The van der Waals surface area contributed by atoms with Crippen LogP contribution in [0.1, 0.15) is 30.1 Å². The Labute approximate surface area is 157 Å². The lowest BCUT2D eigenvalue weighted by molar-refractivity contribution is 0.102. The highest BCUT2D eigenvalue weighted by molar-refractivity contribution is 6.37. The van der Waals surface area contributed by atoms with Crippen molar-refractivity contribution in [3.63, 3.8) is 0 Å². The summed E-state index contributed by atoms with van der Waals surface area (Å²) in [6.45, 7) is 4.21. The number of hydrogen-bond acceptors (Lipinski definition) is 3. The quantitative estimate of drug-likeness (QED) is 0.734. The van der Waals surface area contributed by atoms with E-state index in [4.69, 9.17) is 28.9 Å². The molecule has 3 rings (SSSR count). The summed E-state index contributed by atoms with van der Waals surface area (Å²) in [6.07, 6.45) is 2.28. The van der Waals surface area contributed by atoms with E-state index < -0.39 is 0 Å². The molecule has 1 fully saturated rings. The maximum absolute atomic E-state index is 12.6. The Hall–Kier alpha value is -1.91. The Morgan fingerprint density at radius 3 is 2.56 bits per heavy atom. The standard InChI is InChI=1S/C19H21Cl2N3O/c1-12-6-8-24(9-7-12)18-5-3-14(22)11-17(18)23-19(25)15-4-2-13(20)10-16(15)21/h2-5,10-12H,6-9,22H2,1H3,(H,23,25). The van der Waals surface area contributed by atoms with Crippen LogP contribution in [0.4, 0.5) is 17.1 Å². The maximum Gasteiger partial charge on any atom is 0.257 e. The number of carbonyl (C=O) groups is 1. The van der Waals surface area contributed by atoms with Crippen molar-refractivity contribution < 1.29 is 4.79 Å². The molecule has 1 aliphatic heterocycles. The second-order valence-corrected chi connectivity index (χ2v) is 7.37. The van der Waals surface area contributed by atoms with Gasteiger partial charge in [-0.2, -0.15) is 0 Å².